The number of benzene rings is 2. The number of nitrogens with one attached hydrogen (secondary N) is 1. The Bertz CT molecular complexity index is 1440. The van der Waals surface area contributed by atoms with Gasteiger partial charge in [-0.25, -0.2) is 23.7 Å². The van der Waals surface area contributed by atoms with Gasteiger partial charge < -0.3 is 19.4 Å². The smallest absolute Gasteiger partial charge is 0.198 e. The molecular weight excluding hydrogens is 442 g/mol. The lowest BCUT2D eigenvalue weighted by atomic mass is 10.0. The summed E-state index contributed by atoms with van der Waals surface area (Å²) in [7, 11) is 3.20. The van der Waals surface area contributed by atoms with E-state index in [2.05, 4.69) is 10.3 Å². The van der Waals surface area contributed by atoms with E-state index in [1.165, 1.54) is 31.4 Å². The average Bonchev–Trinajstić information content (AvgIpc) is 3.19. The zero-order valence-corrected chi connectivity index (χ0v) is 18.5. The van der Waals surface area contributed by atoms with Crippen LogP contribution < -0.4 is 10.1 Å². The molecule has 1 saturated heterocycles. The van der Waals surface area contributed by atoms with Gasteiger partial charge in [-0.2, -0.15) is 5.26 Å². The molecule has 172 valence electrons. The number of morpholine rings is 1. The largest absolute Gasteiger partial charge is 0.494 e. The number of aryl methyl sites for hydroxylation is 1. The summed E-state index contributed by atoms with van der Waals surface area (Å²) in [6.07, 6.45) is -0.271. The second-order valence-corrected chi connectivity index (χ2v) is 7.82. The van der Waals surface area contributed by atoms with Crippen molar-refractivity contribution < 1.29 is 18.3 Å². The van der Waals surface area contributed by atoms with Crippen LogP contribution in [0.15, 0.2) is 36.4 Å². The van der Waals surface area contributed by atoms with E-state index in [1.54, 1.807) is 16.7 Å². The fourth-order valence-electron chi connectivity index (χ4n) is 4.00. The highest BCUT2D eigenvalue weighted by atomic mass is 19.1. The maximum Gasteiger partial charge on any atom is 0.198 e. The number of halogens is 2. The predicted octanol–water partition coefficient (Wildman–Crippen LogP) is 3.52. The Morgan fingerprint density at radius 1 is 1.09 bits per heavy atom. The molecule has 2 aromatic carbocycles. The molecule has 2 aromatic heterocycles. The summed E-state index contributed by atoms with van der Waals surface area (Å²) in [6, 6.07) is 10.4. The zero-order valence-electron chi connectivity index (χ0n) is 18.5. The molecule has 0 saturated carbocycles. The van der Waals surface area contributed by atoms with E-state index in [0.29, 0.717) is 52.8 Å². The molecule has 1 aliphatic heterocycles. The van der Waals surface area contributed by atoms with Gasteiger partial charge in [0.05, 0.1) is 30.7 Å². The molecule has 0 amide bonds. The van der Waals surface area contributed by atoms with E-state index in [4.69, 9.17) is 24.7 Å². The molecule has 0 aliphatic carbocycles. The Labute approximate surface area is 193 Å². The van der Waals surface area contributed by atoms with Gasteiger partial charge in [0.2, 0.25) is 0 Å². The number of fused-ring (bicyclic) bond motifs is 1. The molecular formula is C24H20F2N6O2. The third-order valence-electron chi connectivity index (χ3n) is 5.75. The molecule has 0 bridgehead atoms. The molecule has 1 aliphatic rings. The molecule has 10 heteroatoms. The normalized spacial score (nSPS) is 15.9. The van der Waals surface area contributed by atoms with E-state index in [-0.39, 0.29) is 17.4 Å². The Balaban J connectivity index is 1.74. The summed E-state index contributed by atoms with van der Waals surface area (Å²) in [6.45, 7) is 1.92. The van der Waals surface area contributed by atoms with Gasteiger partial charge in [0.15, 0.2) is 22.9 Å². The van der Waals surface area contributed by atoms with Crippen molar-refractivity contribution in [3.8, 4) is 34.3 Å². The third kappa shape index (κ3) is 3.75. The highest BCUT2D eigenvalue weighted by Gasteiger charge is 2.25. The highest BCUT2D eigenvalue weighted by Crippen LogP contribution is 2.34. The fourth-order valence-corrected chi connectivity index (χ4v) is 4.00. The maximum absolute atomic E-state index is 14.6. The lowest BCUT2D eigenvalue weighted by Gasteiger charge is -2.22. The molecule has 1 unspecified atom stereocenters. The third-order valence-corrected chi connectivity index (χ3v) is 5.75. The molecule has 8 nitrogen and oxygen atoms in total. The first kappa shape index (κ1) is 21.9. The van der Waals surface area contributed by atoms with Crippen molar-refractivity contribution in [1.29, 1.82) is 5.26 Å². The van der Waals surface area contributed by atoms with E-state index in [0.717, 1.165) is 6.54 Å². The number of hydrogen-bond acceptors (Lipinski definition) is 7. The van der Waals surface area contributed by atoms with Crippen LogP contribution in [0.4, 0.5) is 8.78 Å². The second-order valence-electron chi connectivity index (χ2n) is 7.82. The van der Waals surface area contributed by atoms with Crippen molar-refractivity contribution in [2.75, 3.05) is 26.8 Å². The number of nitriles is 1. The summed E-state index contributed by atoms with van der Waals surface area (Å²) in [5.41, 5.74) is 2.23. The molecule has 1 N–H and O–H groups in total. The van der Waals surface area contributed by atoms with Crippen LogP contribution in [-0.2, 0) is 11.8 Å². The number of methoxy groups -OCH3 is 1. The van der Waals surface area contributed by atoms with Crippen LogP contribution >= 0.6 is 0 Å². The summed E-state index contributed by atoms with van der Waals surface area (Å²) in [5.74, 6) is -0.505. The molecule has 34 heavy (non-hydrogen) atoms. The van der Waals surface area contributed by atoms with Crippen molar-refractivity contribution >= 4 is 11.3 Å². The van der Waals surface area contributed by atoms with E-state index >= 15 is 0 Å². The Hall–Kier alpha value is -3.94. The Morgan fingerprint density at radius 2 is 1.82 bits per heavy atom. The van der Waals surface area contributed by atoms with Crippen LogP contribution in [0.2, 0.25) is 0 Å². The van der Waals surface area contributed by atoms with Crippen LogP contribution in [0, 0.1) is 23.0 Å². The Kier molecular flexibility index (Phi) is 5.65. The lowest BCUT2D eigenvalue weighted by molar-refractivity contribution is 0.0208. The summed E-state index contributed by atoms with van der Waals surface area (Å²) in [4.78, 5) is 14.1. The molecule has 0 spiro atoms. The quantitative estimate of drug-likeness (QED) is 0.496. The van der Waals surface area contributed by atoms with Gasteiger partial charge in [0, 0.05) is 31.3 Å². The maximum atomic E-state index is 14.6. The van der Waals surface area contributed by atoms with E-state index in [1.807, 2.05) is 13.1 Å². The predicted molar refractivity (Wildman–Crippen MR) is 120 cm³/mol. The number of hydrogen-bond donors (Lipinski definition) is 1. The first-order valence-corrected chi connectivity index (χ1v) is 10.6. The minimum absolute atomic E-state index is 0.0862. The van der Waals surface area contributed by atoms with Crippen molar-refractivity contribution in [3.63, 3.8) is 0 Å². The lowest BCUT2D eigenvalue weighted by Crippen LogP contribution is -2.34. The molecule has 0 radical (unpaired) electrons. The van der Waals surface area contributed by atoms with E-state index in [9.17, 15) is 8.78 Å². The van der Waals surface area contributed by atoms with Crippen molar-refractivity contribution in [2.45, 2.75) is 6.10 Å². The number of nitrogens with zero attached hydrogens (tertiary/aromatic N) is 5. The number of aromatic nitrogens is 4. The van der Waals surface area contributed by atoms with Crippen molar-refractivity contribution in [2.24, 2.45) is 7.05 Å². The van der Waals surface area contributed by atoms with Gasteiger partial charge in [-0.1, -0.05) is 6.07 Å². The summed E-state index contributed by atoms with van der Waals surface area (Å²) in [5, 5.41) is 12.4. The van der Waals surface area contributed by atoms with Gasteiger partial charge in [0.1, 0.15) is 23.8 Å². The molecule has 3 heterocycles. The van der Waals surface area contributed by atoms with Crippen LogP contribution in [0.25, 0.3) is 33.8 Å². The van der Waals surface area contributed by atoms with Gasteiger partial charge >= 0.3 is 0 Å². The van der Waals surface area contributed by atoms with Gasteiger partial charge in [-0.3, -0.25) is 0 Å². The first-order chi connectivity index (χ1) is 16.5. The number of rotatable bonds is 4. The van der Waals surface area contributed by atoms with E-state index < -0.39 is 11.6 Å². The van der Waals surface area contributed by atoms with Gasteiger partial charge in [-0.15, -0.1) is 0 Å². The minimum atomic E-state index is -0.683. The highest BCUT2D eigenvalue weighted by molar-refractivity contribution is 5.84. The van der Waals surface area contributed by atoms with Gasteiger partial charge in [0.25, 0.3) is 0 Å². The molecule has 5 rings (SSSR count). The molecule has 1 atom stereocenters. The topological polar surface area (TPSA) is 97.9 Å². The standard InChI is InChI=1S/C24H20F2N6O2/c1-32-23(19-12-28-7-8-34-19)31-22-24(32)30-21(14-5-6-18(33-2)17(26)10-14)20(29-22)13-3-4-15(11-27)16(25)9-13/h3-6,9-10,19,28H,7-8,12H2,1-2H3. The Morgan fingerprint density at radius 3 is 2.47 bits per heavy atom. The van der Waals surface area contributed by atoms with Crippen LogP contribution in [0.1, 0.15) is 17.5 Å². The SMILES string of the molecule is COc1ccc(-c2nc3c(nc2-c2ccc(C#N)c(F)c2)nc(C2CNCCO2)n3C)cc1F. The molecule has 1 fully saturated rings. The van der Waals surface area contributed by atoms with Crippen LogP contribution in [-0.4, -0.2) is 46.3 Å². The van der Waals surface area contributed by atoms with Crippen molar-refractivity contribution in [1.82, 2.24) is 24.8 Å². The summed E-state index contributed by atoms with van der Waals surface area (Å²) >= 11 is 0. The van der Waals surface area contributed by atoms with Crippen molar-refractivity contribution in [3.05, 3.63) is 59.4 Å². The monoisotopic (exact) mass is 462 g/mol. The molecule has 4 aromatic rings. The average molecular weight is 462 g/mol. The number of ether oxygens (including phenoxy) is 2. The minimum Gasteiger partial charge on any atom is -0.494 e. The number of imidazole rings is 1. The van der Waals surface area contributed by atoms with Crippen LogP contribution in [0.5, 0.6) is 5.75 Å². The zero-order chi connectivity index (χ0) is 23.8. The summed E-state index contributed by atoms with van der Waals surface area (Å²) < 4.78 is 41.7. The first-order valence-electron chi connectivity index (χ1n) is 10.6. The van der Waals surface area contributed by atoms with Gasteiger partial charge in [-0.05, 0) is 30.3 Å². The van der Waals surface area contributed by atoms with Crippen LogP contribution in [0.3, 0.4) is 0 Å². The second kappa shape index (κ2) is 8.78. The fraction of sp³-hybridized carbons (Fsp3) is 0.250.